The zero-order chi connectivity index (χ0) is 14.4. The number of nitrogens with one attached hydrogen (secondary N) is 1. The van der Waals surface area contributed by atoms with Gasteiger partial charge in [-0.15, -0.1) is 0 Å². The van der Waals surface area contributed by atoms with Crippen LogP contribution in [0.4, 0.5) is 10.1 Å². The quantitative estimate of drug-likeness (QED) is 0.476. The highest BCUT2D eigenvalue weighted by Gasteiger charge is 2.18. The van der Waals surface area contributed by atoms with E-state index >= 15 is 0 Å². The molecule has 0 aliphatic rings. The van der Waals surface area contributed by atoms with E-state index in [2.05, 4.69) is 5.32 Å². The van der Waals surface area contributed by atoms with E-state index < -0.39 is 10.7 Å². The summed E-state index contributed by atoms with van der Waals surface area (Å²) >= 11 is 5.50. The molecule has 106 valence electrons. The minimum Gasteiger partial charge on any atom is -0.487 e. The van der Waals surface area contributed by atoms with Crippen LogP contribution >= 0.6 is 11.6 Å². The van der Waals surface area contributed by atoms with Crippen molar-refractivity contribution in [1.29, 1.82) is 0 Å². The van der Waals surface area contributed by atoms with Crippen LogP contribution in [0.5, 0.6) is 5.75 Å². The summed E-state index contributed by atoms with van der Waals surface area (Å²) in [5, 5.41) is 13.7. The molecule has 19 heavy (non-hydrogen) atoms. The SMILES string of the molecule is CC(C)NCCCOc1cc(F)c(Cl)cc1[N+](=O)[O-]. The molecule has 0 fully saturated rings. The number of rotatable bonds is 7. The van der Waals surface area contributed by atoms with E-state index in [1.165, 1.54) is 0 Å². The molecule has 0 radical (unpaired) electrons. The van der Waals surface area contributed by atoms with Crippen molar-refractivity contribution in [1.82, 2.24) is 5.32 Å². The predicted molar refractivity (Wildman–Crippen MR) is 71.3 cm³/mol. The van der Waals surface area contributed by atoms with Gasteiger partial charge in [0.05, 0.1) is 16.6 Å². The number of halogens is 2. The highest BCUT2D eigenvalue weighted by Crippen LogP contribution is 2.32. The molecule has 1 N–H and O–H groups in total. The van der Waals surface area contributed by atoms with Crippen LogP contribution in [0.1, 0.15) is 20.3 Å². The lowest BCUT2D eigenvalue weighted by molar-refractivity contribution is -0.385. The molecule has 7 heteroatoms. The largest absolute Gasteiger partial charge is 0.487 e. The van der Waals surface area contributed by atoms with E-state index in [-0.39, 0.29) is 23.1 Å². The summed E-state index contributed by atoms with van der Waals surface area (Å²) in [5.74, 6) is -0.834. The van der Waals surface area contributed by atoms with Gasteiger partial charge in [0, 0.05) is 18.2 Å². The molecule has 5 nitrogen and oxygen atoms in total. The molecule has 0 unspecified atom stereocenters. The summed E-state index contributed by atoms with van der Waals surface area (Å²) in [6, 6.07) is 2.26. The van der Waals surface area contributed by atoms with Gasteiger partial charge in [-0.25, -0.2) is 4.39 Å². The van der Waals surface area contributed by atoms with Crippen molar-refractivity contribution in [3.63, 3.8) is 0 Å². The van der Waals surface area contributed by atoms with Crippen LogP contribution in [0.2, 0.25) is 5.02 Å². The number of ether oxygens (including phenoxy) is 1. The number of nitrogens with zero attached hydrogens (tertiary/aromatic N) is 1. The molecule has 1 rings (SSSR count). The second-order valence-corrected chi connectivity index (χ2v) is 4.71. The molecule has 0 saturated carbocycles. The van der Waals surface area contributed by atoms with Gasteiger partial charge >= 0.3 is 5.69 Å². The standard InChI is InChI=1S/C12H16ClFN2O3/c1-8(2)15-4-3-5-19-12-7-10(14)9(13)6-11(12)16(17)18/h6-8,15H,3-5H2,1-2H3. The summed E-state index contributed by atoms with van der Waals surface area (Å²) in [7, 11) is 0. The minimum absolute atomic E-state index is 0.101. The topological polar surface area (TPSA) is 64.4 Å². The van der Waals surface area contributed by atoms with Crippen molar-refractivity contribution >= 4 is 17.3 Å². The molecule has 0 aliphatic carbocycles. The number of benzene rings is 1. The molecule has 0 amide bonds. The van der Waals surface area contributed by atoms with Gasteiger partial charge < -0.3 is 10.1 Å². The first kappa shape index (κ1) is 15.7. The Balaban J connectivity index is 2.62. The Labute approximate surface area is 115 Å². The van der Waals surface area contributed by atoms with Crippen LogP contribution in [0.3, 0.4) is 0 Å². The first-order valence-electron chi connectivity index (χ1n) is 5.91. The lowest BCUT2D eigenvalue weighted by Gasteiger charge is -2.09. The number of hydrogen-bond donors (Lipinski definition) is 1. The van der Waals surface area contributed by atoms with Gasteiger partial charge in [-0.1, -0.05) is 25.4 Å². The van der Waals surface area contributed by atoms with Crippen molar-refractivity contribution in [2.24, 2.45) is 0 Å². The van der Waals surface area contributed by atoms with Gasteiger partial charge in [-0.3, -0.25) is 10.1 Å². The van der Waals surface area contributed by atoms with Crippen molar-refractivity contribution in [2.45, 2.75) is 26.3 Å². The molecule has 0 aliphatic heterocycles. The predicted octanol–water partition coefficient (Wildman–Crippen LogP) is 3.15. The Hall–Kier alpha value is -1.40. The Kier molecular flexibility index (Phi) is 5.98. The van der Waals surface area contributed by atoms with Crippen LogP contribution in [0, 0.1) is 15.9 Å². The lowest BCUT2D eigenvalue weighted by Crippen LogP contribution is -2.24. The number of nitro benzene ring substituents is 1. The van der Waals surface area contributed by atoms with Gasteiger partial charge in [-0.2, -0.15) is 0 Å². The van der Waals surface area contributed by atoms with E-state index in [0.29, 0.717) is 12.5 Å². The van der Waals surface area contributed by atoms with Crippen LogP contribution in [0.25, 0.3) is 0 Å². The van der Waals surface area contributed by atoms with Crippen molar-refractivity contribution in [2.75, 3.05) is 13.2 Å². The third kappa shape index (κ3) is 5.00. The summed E-state index contributed by atoms with van der Waals surface area (Å²) in [6.45, 7) is 5.02. The maximum atomic E-state index is 13.3. The molecular formula is C12H16ClFN2O3. The molecule has 0 heterocycles. The van der Waals surface area contributed by atoms with E-state index in [1.807, 2.05) is 13.8 Å². The van der Waals surface area contributed by atoms with Crippen molar-refractivity contribution in [3.05, 3.63) is 33.1 Å². The van der Waals surface area contributed by atoms with Crippen molar-refractivity contribution in [3.8, 4) is 5.75 Å². The smallest absolute Gasteiger partial charge is 0.312 e. The second-order valence-electron chi connectivity index (χ2n) is 4.30. The fourth-order valence-electron chi connectivity index (χ4n) is 1.42. The average Bonchev–Trinajstić information content (AvgIpc) is 2.32. The van der Waals surface area contributed by atoms with Crippen LogP contribution in [-0.4, -0.2) is 24.1 Å². The molecular weight excluding hydrogens is 275 g/mol. The van der Waals surface area contributed by atoms with Crippen LogP contribution in [-0.2, 0) is 0 Å². The Bertz CT molecular complexity index is 455. The Morgan fingerprint density at radius 2 is 2.21 bits per heavy atom. The maximum Gasteiger partial charge on any atom is 0.312 e. The average molecular weight is 291 g/mol. The summed E-state index contributed by atoms with van der Waals surface area (Å²) in [6.07, 6.45) is 0.666. The third-order valence-corrected chi connectivity index (χ3v) is 2.62. The molecule has 0 saturated heterocycles. The highest BCUT2D eigenvalue weighted by molar-refractivity contribution is 6.31. The summed E-state index contributed by atoms with van der Waals surface area (Å²) in [4.78, 5) is 10.1. The zero-order valence-electron chi connectivity index (χ0n) is 10.8. The third-order valence-electron chi connectivity index (χ3n) is 2.33. The van der Waals surface area contributed by atoms with Crippen LogP contribution in [0.15, 0.2) is 12.1 Å². The maximum absolute atomic E-state index is 13.3. The number of nitro groups is 1. The fraction of sp³-hybridized carbons (Fsp3) is 0.500. The summed E-state index contributed by atoms with van der Waals surface area (Å²) in [5.41, 5.74) is -0.330. The lowest BCUT2D eigenvalue weighted by atomic mass is 10.3. The molecule has 1 aromatic carbocycles. The molecule has 0 bridgehead atoms. The Morgan fingerprint density at radius 3 is 2.79 bits per heavy atom. The van der Waals surface area contributed by atoms with Gasteiger partial charge in [-0.05, 0) is 13.0 Å². The minimum atomic E-state index is -0.734. The summed E-state index contributed by atoms with van der Waals surface area (Å²) < 4.78 is 18.5. The first-order chi connectivity index (χ1) is 8.91. The van der Waals surface area contributed by atoms with E-state index in [4.69, 9.17) is 16.3 Å². The van der Waals surface area contributed by atoms with Gasteiger partial charge in [0.2, 0.25) is 0 Å². The molecule has 0 aromatic heterocycles. The van der Waals surface area contributed by atoms with E-state index in [9.17, 15) is 14.5 Å². The van der Waals surface area contributed by atoms with Crippen molar-refractivity contribution < 1.29 is 14.1 Å². The highest BCUT2D eigenvalue weighted by atomic mass is 35.5. The number of hydrogen-bond acceptors (Lipinski definition) is 4. The van der Waals surface area contributed by atoms with Gasteiger partial charge in [0.15, 0.2) is 5.75 Å². The normalized spacial score (nSPS) is 10.8. The van der Waals surface area contributed by atoms with Crippen LogP contribution < -0.4 is 10.1 Å². The van der Waals surface area contributed by atoms with Gasteiger partial charge in [0.1, 0.15) is 5.82 Å². The monoisotopic (exact) mass is 290 g/mol. The van der Waals surface area contributed by atoms with Gasteiger partial charge in [0.25, 0.3) is 0 Å². The molecule has 0 atom stereocenters. The fourth-order valence-corrected chi connectivity index (χ4v) is 1.58. The molecule has 0 spiro atoms. The Morgan fingerprint density at radius 1 is 1.53 bits per heavy atom. The second kappa shape index (κ2) is 7.25. The zero-order valence-corrected chi connectivity index (χ0v) is 11.5. The van der Waals surface area contributed by atoms with E-state index in [1.54, 1.807) is 0 Å². The first-order valence-corrected chi connectivity index (χ1v) is 6.29. The van der Waals surface area contributed by atoms with E-state index in [0.717, 1.165) is 18.7 Å². The molecule has 1 aromatic rings.